The van der Waals surface area contributed by atoms with Crippen LogP contribution >= 0.6 is 0 Å². The number of nitriles is 1. The summed E-state index contributed by atoms with van der Waals surface area (Å²) in [5, 5.41) is 12.3. The van der Waals surface area contributed by atoms with Crippen LogP contribution < -0.4 is 5.32 Å². The number of hydrogen-bond acceptors (Lipinski definition) is 3. The van der Waals surface area contributed by atoms with E-state index in [1.807, 2.05) is 0 Å². The lowest BCUT2D eigenvalue weighted by molar-refractivity contribution is 0.0958. The van der Waals surface area contributed by atoms with E-state index in [-0.39, 0.29) is 5.82 Å². The molecule has 144 valence electrons. The Balaban J connectivity index is 1.31. The van der Waals surface area contributed by atoms with Crippen LogP contribution in [0.15, 0.2) is 23.2 Å². The zero-order valence-corrected chi connectivity index (χ0v) is 16.0. The first-order valence-corrected chi connectivity index (χ1v) is 10.1. The fourth-order valence-electron chi connectivity index (χ4n) is 5.21. The Morgan fingerprint density at radius 1 is 1.26 bits per heavy atom. The molecule has 1 aromatic carbocycles. The minimum Gasteiger partial charge on any atom is -0.352 e. The molecule has 1 saturated heterocycles. The number of guanidine groups is 1. The van der Waals surface area contributed by atoms with Gasteiger partial charge in [0.15, 0.2) is 5.96 Å². The average molecular weight is 369 g/mol. The molecule has 3 unspecified atom stereocenters. The minimum atomic E-state index is -0.293. The van der Waals surface area contributed by atoms with Crippen molar-refractivity contribution in [3.63, 3.8) is 0 Å². The van der Waals surface area contributed by atoms with E-state index in [0.29, 0.717) is 17.7 Å². The van der Waals surface area contributed by atoms with Crippen LogP contribution in [0.4, 0.5) is 4.39 Å². The number of rotatable bonds is 3. The smallest absolute Gasteiger partial charge is 0.194 e. The van der Waals surface area contributed by atoms with Gasteiger partial charge in [-0.15, -0.1) is 0 Å². The highest BCUT2D eigenvalue weighted by Crippen LogP contribution is 2.46. The van der Waals surface area contributed by atoms with Gasteiger partial charge in [0.25, 0.3) is 0 Å². The van der Waals surface area contributed by atoms with Crippen molar-refractivity contribution in [2.24, 2.45) is 16.8 Å². The number of fused-ring (bicyclic) bond motifs is 2. The standard InChI is InChI=1S/C21H28FN5/c1-24-21(25-14-18-11-16(13-23)3-5-19(18)22)27-8-6-26(7-9-27)20-12-15-2-4-17(20)10-15/h3,5,11,15,17,20H,2,4,6-10,12,14H2,1H3,(H,24,25). The van der Waals surface area contributed by atoms with Gasteiger partial charge in [0, 0.05) is 51.4 Å². The molecule has 0 amide bonds. The molecule has 3 atom stereocenters. The van der Waals surface area contributed by atoms with Crippen LogP contribution in [0, 0.1) is 29.0 Å². The Kier molecular flexibility index (Phi) is 5.31. The van der Waals surface area contributed by atoms with E-state index in [4.69, 9.17) is 5.26 Å². The largest absolute Gasteiger partial charge is 0.352 e. The van der Waals surface area contributed by atoms with Gasteiger partial charge in [0.1, 0.15) is 5.82 Å². The van der Waals surface area contributed by atoms with Crippen molar-refractivity contribution in [1.29, 1.82) is 5.26 Å². The highest BCUT2D eigenvalue weighted by atomic mass is 19.1. The zero-order valence-electron chi connectivity index (χ0n) is 16.0. The third-order valence-corrected chi connectivity index (χ3v) is 6.61. The maximum Gasteiger partial charge on any atom is 0.194 e. The van der Waals surface area contributed by atoms with Crippen molar-refractivity contribution >= 4 is 5.96 Å². The molecule has 3 fully saturated rings. The lowest BCUT2D eigenvalue weighted by atomic mass is 9.93. The second kappa shape index (κ2) is 7.85. The van der Waals surface area contributed by atoms with Gasteiger partial charge in [0.2, 0.25) is 0 Å². The Morgan fingerprint density at radius 3 is 2.70 bits per heavy atom. The molecular weight excluding hydrogens is 341 g/mol. The molecule has 1 aromatic rings. The van der Waals surface area contributed by atoms with E-state index in [0.717, 1.165) is 50.0 Å². The van der Waals surface area contributed by atoms with E-state index >= 15 is 0 Å². The normalized spacial score (nSPS) is 28.4. The summed E-state index contributed by atoms with van der Waals surface area (Å²) in [6.07, 6.45) is 5.71. The third kappa shape index (κ3) is 3.79. The fourth-order valence-corrected chi connectivity index (χ4v) is 5.21. The molecule has 4 rings (SSSR count). The van der Waals surface area contributed by atoms with Crippen molar-refractivity contribution in [3.8, 4) is 6.07 Å². The van der Waals surface area contributed by atoms with Crippen molar-refractivity contribution in [2.45, 2.75) is 38.3 Å². The van der Waals surface area contributed by atoms with Crippen molar-refractivity contribution in [3.05, 3.63) is 35.1 Å². The molecule has 5 nitrogen and oxygen atoms in total. The van der Waals surface area contributed by atoms with Crippen LogP contribution in [-0.4, -0.2) is 55.0 Å². The first kappa shape index (κ1) is 18.2. The van der Waals surface area contributed by atoms with Crippen LogP contribution in [0.25, 0.3) is 0 Å². The quantitative estimate of drug-likeness (QED) is 0.657. The first-order valence-electron chi connectivity index (χ1n) is 10.1. The van der Waals surface area contributed by atoms with E-state index in [9.17, 15) is 4.39 Å². The van der Waals surface area contributed by atoms with Crippen LogP contribution in [-0.2, 0) is 6.54 Å². The Labute approximate surface area is 160 Å². The van der Waals surface area contributed by atoms with Gasteiger partial charge >= 0.3 is 0 Å². The van der Waals surface area contributed by atoms with Crippen molar-refractivity contribution in [2.75, 3.05) is 33.2 Å². The van der Waals surface area contributed by atoms with E-state index < -0.39 is 0 Å². The van der Waals surface area contributed by atoms with Gasteiger partial charge in [0.05, 0.1) is 11.6 Å². The number of piperazine rings is 1. The molecule has 2 bridgehead atoms. The molecule has 0 radical (unpaired) electrons. The van der Waals surface area contributed by atoms with E-state index in [1.54, 1.807) is 13.1 Å². The molecule has 1 N–H and O–H groups in total. The molecule has 6 heteroatoms. The monoisotopic (exact) mass is 369 g/mol. The highest BCUT2D eigenvalue weighted by Gasteiger charge is 2.42. The Bertz CT molecular complexity index is 747. The predicted octanol–water partition coefficient (Wildman–Crippen LogP) is 2.58. The van der Waals surface area contributed by atoms with Gasteiger partial charge in [-0.3, -0.25) is 9.89 Å². The summed E-state index contributed by atoms with van der Waals surface area (Å²) >= 11 is 0. The molecule has 1 aliphatic heterocycles. The fraction of sp³-hybridized carbons (Fsp3) is 0.619. The molecular formula is C21H28FN5. The maximum absolute atomic E-state index is 14.0. The Hall–Kier alpha value is -2.13. The van der Waals surface area contributed by atoms with Gasteiger partial charge in [-0.25, -0.2) is 4.39 Å². The summed E-state index contributed by atoms with van der Waals surface area (Å²) in [4.78, 5) is 9.33. The summed E-state index contributed by atoms with van der Waals surface area (Å²) in [5.74, 6) is 2.42. The molecule has 2 saturated carbocycles. The average Bonchev–Trinajstić information content (AvgIpc) is 3.34. The SMILES string of the molecule is CN=C(NCc1cc(C#N)ccc1F)N1CCN(C2CC3CCC2C3)CC1. The molecule has 0 spiro atoms. The summed E-state index contributed by atoms with van der Waals surface area (Å²) in [7, 11) is 1.77. The number of aliphatic imine (C=N–C) groups is 1. The topological polar surface area (TPSA) is 54.7 Å². The first-order chi connectivity index (χ1) is 13.2. The van der Waals surface area contributed by atoms with Gasteiger partial charge < -0.3 is 10.2 Å². The van der Waals surface area contributed by atoms with Gasteiger partial charge in [-0.2, -0.15) is 5.26 Å². The second-order valence-corrected chi connectivity index (χ2v) is 8.08. The van der Waals surface area contributed by atoms with Crippen LogP contribution in [0.3, 0.4) is 0 Å². The van der Waals surface area contributed by atoms with Crippen LogP contribution in [0.1, 0.15) is 36.8 Å². The number of benzene rings is 1. The zero-order chi connectivity index (χ0) is 18.8. The van der Waals surface area contributed by atoms with E-state index in [2.05, 4.69) is 26.2 Å². The maximum atomic E-state index is 14.0. The number of nitrogens with zero attached hydrogens (tertiary/aromatic N) is 4. The third-order valence-electron chi connectivity index (χ3n) is 6.61. The number of hydrogen-bond donors (Lipinski definition) is 1. The lowest BCUT2D eigenvalue weighted by Gasteiger charge is -2.42. The summed E-state index contributed by atoms with van der Waals surface area (Å²) in [6, 6.07) is 7.31. The summed E-state index contributed by atoms with van der Waals surface area (Å²) < 4.78 is 14.0. The summed E-state index contributed by atoms with van der Waals surface area (Å²) in [6.45, 7) is 4.39. The van der Waals surface area contributed by atoms with Crippen LogP contribution in [0.2, 0.25) is 0 Å². The predicted molar refractivity (Wildman–Crippen MR) is 104 cm³/mol. The molecule has 3 aliphatic rings. The molecule has 0 aromatic heterocycles. The molecule has 27 heavy (non-hydrogen) atoms. The summed E-state index contributed by atoms with van der Waals surface area (Å²) in [5.41, 5.74) is 0.971. The lowest BCUT2D eigenvalue weighted by Crippen LogP contribution is -2.55. The second-order valence-electron chi connectivity index (χ2n) is 8.08. The van der Waals surface area contributed by atoms with Crippen LogP contribution in [0.5, 0.6) is 0 Å². The van der Waals surface area contributed by atoms with Gasteiger partial charge in [-0.1, -0.05) is 6.42 Å². The number of halogens is 1. The highest BCUT2D eigenvalue weighted by molar-refractivity contribution is 5.80. The molecule has 1 heterocycles. The Morgan fingerprint density at radius 2 is 2.07 bits per heavy atom. The molecule has 2 aliphatic carbocycles. The minimum absolute atomic E-state index is 0.293. The van der Waals surface area contributed by atoms with E-state index in [1.165, 1.54) is 37.8 Å². The van der Waals surface area contributed by atoms with Crippen molar-refractivity contribution < 1.29 is 4.39 Å². The number of nitrogens with one attached hydrogen (secondary N) is 1. The van der Waals surface area contributed by atoms with Crippen molar-refractivity contribution in [1.82, 2.24) is 15.1 Å². The van der Waals surface area contributed by atoms with Gasteiger partial charge in [-0.05, 0) is 49.3 Å².